The van der Waals surface area contributed by atoms with E-state index in [9.17, 15) is 4.79 Å². The highest BCUT2D eigenvalue weighted by molar-refractivity contribution is 5.94. The van der Waals surface area contributed by atoms with Crippen LogP contribution in [0.3, 0.4) is 0 Å². The van der Waals surface area contributed by atoms with Gasteiger partial charge in [-0.1, -0.05) is 42.5 Å². The molecule has 7 nitrogen and oxygen atoms in total. The molecule has 7 heteroatoms. The summed E-state index contributed by atoms with van der Waals surface area (Å²) in [6.07, 6.45) is 0.794. The Morgan fingerprint density at radius 1 is 1.03 bits per heavy atom. The van der Waals surface area contributed by atoms with E-state index in [1.54, 1.807) is 7.05 Å². The predicted molar refractivity (Wildman–Crippen MR) is 134 cm³/mol. The molecule has 0 atom stereocenters. The van der Waals surface area contributed by atoms with Crippen molar-refractivity contribution in [2.45, 2.75) is 40.3 Å². The minimum absolute atomic E-state index is 0.0711. The quantitative estimate of drug-likeness (QED) is 0.348. The second-order valence-corrected chi connectivity index (χ2v) is 7.94. The molecule has 0 bridgehead atoms. The minimum Gasteiger partial charge on any atom is -0.357 e. The molecule has 0 radical (unpaired) electrons. The number of nitrogens with zero attached hydrogens (tertiary/aromatic N) is 3. The number of aliphatic imine (C=N–C) groups is 1. The van der Waals surface area contributed by atoms with E-state index in [-0.39, 0.29) is 5.91 Å². The van der Waals surface area contributed by atoms with Crippen LogP contribution in [0.1, 0.15) is 45.4 Å². The predicted octanol–water partition coefficient (Wildman–Crippen LogP) is 3.21. The SMILES string of the molecule is CCNC(=NCc1c(C)nn(Cc2ccccc2)c1C)NCCc1cccc(C(=O)NC)c1. The highest BCUT2D eigenvalue weighted by atomic mass is 16.1. The number of nitrogens with one attached hydrogen (secondary N) is 3. The van der Waals surface area contributed by atoms with Gasteiger partial charge in [-0.2, -0.15) is 5.10 Å². The van der Waals surface area contributed by atoms with Gasteiger partial charge in [0.1, 0.15) is 0 Å². The van der Waals surface area contributed by atoms with Gasteiger partial charge in [0.05, 0.1) is 18.8 Å². The molecule has 0 aliphatic carbocycles. The van der Waals surface area contributed by atoms with Crippen molar-refractivity contribution in [3.8, 4) is 0 Å². The smallest absolute Gasteiger partial charge is 0.251 e. The molecule has 0 saturated carbocycles. The number of rotatable bonds is 9. The zero-order valence-electron chi connectivity index (χ0n) is 20.0. The fraction of sp³-hybridized carbons (Fsp3) is 0.346. The largest absolute Gasteiger partial charge is 0.357 e. The van der Waals surface area contributed by atoms with Gasteiger partial charge in [0.15, 0.2) is 5.96 Å². The molecule has 33 heavy (non-hydrogen) atoms. The van der Waals surface area contributed by atoms with E-state index < -0.39 is 0 Å². The minimum atomic E-state index is -0.0711. The Hall–Kier alpha value is -3.61. The Bertz CT molecular complexity index is 1090. The van der Waals surface area contributed by atoms with Gasteiger partial charge >= 0.3 is 0 Å². The summed E-state index contributed by atoms with van der Waals surface area (Å²) in [7, 11) is 1.64. The fourth-order valence-electron chi connectivity index (χ4n) is 3.71. The van der Waals surface area contributed by atoms with Crippen LogP contribution in [0.4, 0.5) is 0 Å². The number of aromatic nitrogens is 2. The summed E-state index contributed by atoms with van der Waals surface area (Å²) in [6.45, 7) is 9.02. The molecule has 3 N–H and O–H groups in total. The van der Waals surface area contributed by atoms with E-state index in [0.29, 0.717) is 18.7 Å². The maximum absolute atomic E-state index is 11.8. The Labute approximate surface area is 196 Å². The first kappa shape index (κ1) is 24.0. The summed E-state index contributed by atoms with van der Waals surface area (Å²) in [4.78, 5) is 16.6. The Balaban J connectivity index is 1.63. The van der Waals surface area contributed by atoms with Crippen LogP contribution in [0.25, 0.3) is 0 Å². The van der Waals surface area contributed by atoms with Crippen molar-refractivity contribution in [3.63, 3.8) is 0 Å². The number of carbonyl (C=O) groups is 1. The highest BCUT2D eigenvalue weighted by Gasteiger charge is 2.12. The van der Waals surface area contributed by atoms with E-state index in [0.717, 1.165) is 48.0 Å². The van der Waals surface area contributed by atoms with Crippen LogP contribution in [0.15, 0.2) is 59.6 Å². The molecule has 1 aromatic heterocycles. The number of benzene rings is 2. The van der Waals surface area contributed by atoms with Crippen LogP contribution < -0.4 is 16.0 Å². The molecule has 0 unspecified atom stereocenters. The Kier molecular flexibility index (Phi) is 8.63. The van der Waals surface area contributed by atoms with Gasteiger partial charge in [-0.15, -0.1) is 0 Å². The molecule has 0 spiro atoms. The number of hydrogen-bond donors (Lipinski definition) is 3. The monoisotopic (exact) mass is 446 g/mol. The number of guanidine groups is 1. The van der Waals surface area contributed by atoms with E-state index in [1.807, 2.05) is 37.3 Å². The van der Waals surface area contributed by atoms with Crippen LogP contribution >= 0.6 is 0 Å². The van der Waals surface area contributed by atoms with Gasteiger partial charge in [-0.25, -0.2) is 4.99 Å². The highest BCUT2D eigenvalue weighted by Crippen LogP contribution is 2.16. The lowest BCUT2D eigenvalue weighted by Crippen LogP contribution is -2.38. The van der Waals surface area contributed by atoms with Crippen molar-refractivity contribution in [1.82, 2.24) is 25.7 Å². The molecule has 1 heterocycles. The molecule has 2 aromatic carbocycles. The lowest BCUT2D eigenvalue weighted by Gasteiger charge is -2.12. The van der Waals surface area contributed by atoms with Gasteiger partial charge in [0.25, 0.3) is 5.91 Å². The van der Waals surface area contributed by atoms with Gasteiger partial charge in [0, 0.05) is 37.0 Å². The first-order chi connectivity index (χ1) is 16.0. The Morgan fingerprint density at radius 3 is 2.52 bits per heavy atom. The lowest BCUT2D eigenvalue weighted by molar-refractivity contribution is 0.0963. The van der Waals surface area contributed by atoms with Crippen LogP contribution in [-0.2, 0) is 19.5 Å². The van der Waals surface area contributed by atoms with Crippen LogP contribution in [0.5, 0.6) is 0 Å². The van der Waals surface area contributed by atoms with Crippen molar-refractivity contribution < 1.29 is 4.79 Å². The van der Waals surface area contributed by atoms with E-state index in [4.69, 9.17) is 10.1 Å². The maximum Gasteiger partial charge on any atom is 0.251 e. The molecule has 174 valence electrons. The average molecular weight is 447 g/mol. The van der Waals surface area contributed by atoms with Crippen molar-refractivity contribution in [2.24, 2.45) is 4.99 Å². The first-order valence-corrected chi connectivity index (χ1v) is 11.4. The third-order valence-corrected chi connectivity index (χ3v) is 5.57. The zero-order valence-corrected chi connectivity index (χ0v) is 20.0. The summed E-state index contributed by atoms with van der Waals surface area (Å²) < 4.78 is 2.05. The number of carbonyl (C=O) groups excluding carboxylic acids is 1. The van der Waals surface area contributed by atoms with E-state index in [2.05, 4.69) is 58.7 Å². The number of hydrogen-bond acceptors (Lipinski definition) is 3. The number of aryl methyl sites for hydroxylation is 1. The van der Waals surface area contributed by atoms with Crippen LogP contribution in [-0.4, -0.2) is 41.8 Å². The van der Waals surface area contributed by atoms with Gasteiger partial charge in [0.2, 0.25) is 0 Å². The molecule has 3 aromatic rings. The maximum atomic E-state index is 11.8. The third-order valence-electron chi connectivity index (χ3n) is 5.57. The molecular weight excluding hydrogens is 412 g/mol. The standard InChI is InChI=1S/C26H34N6O/c1-5-28-26(29-15-14-21-12-9-13-23(16-21)25(33)27-4)30-17-24-19(2)31-32(20(24)3)18-22-10-7-6-8-11-22/h6-13,16H,5,14-15,17-18H2,1-4H3,(H,27,33)(H2,28,29,30). The van der Waals surface area contributed by atoms with E-state index in [1.165, 1.54) is 5.56 Å². The first-order valence-electron chi connectivity index (χ1n) is 11.4. The fourth-order valence-corrected chi connectivity index (χ4v) is 3.71. The van der Waals surface area contributed by atoms with Crippen molar-refractivity contribution in [1.29, 1.82) is 0 Å². The molecule has 0 fully saturated rings. The molecule has 3 rings (SSSR count). The summed E-state index contributed by atoms with van der Waals surface area (Å²) in [5, 5.41) is 14.1. The zero-order chi connectivity index (χ0) is 23.6. The second-order valence-electron chi connectivity index (χ2n) is 7.94. The normalized spacial score (nSPS) is 11.3. The molecule has 1 amide bonds. The molecule has 0 aliphatic heterocycles. The van der Waals surface area contributed by atoms with E-state index >= 15 is 0 Å². The Morgan fingerprint density at radius 2 is 1.79 bits per heavy atom. The summed E-state index contributed by atoms with van der Waals surface area (Å²) in [6, 6.07) is 18.1. The topological polar surface area (TPSA) is 83.3 Å². The van der Waals surface area contributed by atoms with Gasteiger partial charge < -0.3 is 16.0 Å². The summed E-state index contributed by atoms with van der Waals surface area (Å²) in [5.74, 6) is 0.702. The third kappa shape index (κ3) is 6.68. The molecular formula is C26H34N6O. The summed E-state index contributed by atoms with van der Waals surface area (Å²) in [5.41, 5.74) is 6.31. The second kappa shape index (κ2) is 11.9. The van der Waals surface area contributed by atoms with Crippen molar-refractivity contribution in [3.05, 3.63) is 88.2 Å². The van der Waals surface area contributed by atoms with Crippen molar-refractivity contribution in [2.75, 3.05) is 20.1 Å². The number of amides is 1. The lowest BCUT2D eigenvalue weighted by atomic mass is 10.1. The van der Waals surface area contributed by atoms with Crippen molar-refractivity contribution >= 4 is 11.9 Å². The molecule has 0 saturated heterocycles. The van der Waals surface area contributed by atoms with Crippen LogP contribution in [0.2, 0.25) is 0 Å². The average Bonchev–Trinajstić information content (AvgIpc) is 3.09. The summed E-state index contributed by atoms with van der Waals surface area (Å²) >= 11 is 0. The van der Waals surface area contributed by atoms with Crippen LogP contribution in [0, 0.1) is 13.8 Å². The van der Waals surface area contributed by atoms with Gasteiger partial charge in [-0.3, -0.25) is 9.48 Å². The molecule has 0 aliphatic rings. The van der Waals surface area contributed by atoms with Gasteiger partial charge in [-0.05, 0) is 50.5 Å².